The minimum Gasteiger partial charge on any atom is -0.124 e. The van der Waals surface area contributed by atoms with E-state index in [-0.39, 0.29) is 0 Å². The Kier molecular flexibility index (Phi) is 52.1. The van der Waals surface area contributed by atoms with Crippen LogP contribution in [-0.2, 0) is 0 Å². The first kappa shape index (κ1) is 69.1. The summed E-state index contributed by atoms with van der Waals surface area (Å²) in [6.45, 7) is 62.9. The molecule has 350 valence electrons. The van der Waals surface area contributed by atoms with Gasteiger partial charge in [0.1, 0.15) is 0 Å². The molecule has 0 fully saturated rings. The van der Waals surface area contributed by atoms with Gasteiger partial charge in [0, 0.05) is 0 Å². The summed E-state index contributed by atoms with van der Waals surface area (Å²) in [5, 5.41) is 2.41. The molecule has 0 nitrogen and oxygen atoms in total. The van der Waals surface area contributed by atoms with Gasteiger partial charge in [-0.2, -0.15) is 0 Å². The second-order valence-corrected chi connectivity index (χ2v) is 15.9. The number of allylic oxidation sites excluding steroid dienone is 12. The van der Waals surface area contributed by atoms with Crippen LogP contribution in [0.15, 0.2) is 103 Å². The van der Waals surface area contributed by atoms with Crippen molar-refractivity contribution in [3.63, 3.8) is 0 Å². The topological polar surface area (TPSA) is 0 Å². The van der Waals surface area contributed by atoms with E-state index in [1.807, 2.05) is 73.6 Å². The van der Waals surface area contributed by atoms with Crippen LogP contribution in [-0.4, -0.2) is 0 Å². The van der Waals surface area contributed by atoms with E-state index in [0.29, 0.717) is 11.3 Å². The summed E-state index contributed by atoms with van der Waals surface area (Å²) in [6, 6.07) is 4.44. The minimum atomic E-state index is 0.562. The number of hydrogen-bond donors (Lipinski definition) is 0. The molecule has 1 aromatic rings. The highest BCUT2D eigenvalue weighted by atomic mass is 14.3. The molecule has 0 heterocycles. The highest BCUT2D eigenvalue weighted by Crippen LogP contribution is 2.35. The standard InChI is InChI=1S/C22H30.C18H26.C11H24.4C2H6.C2H2/c1-14(2)19-9-8-16(5)21(11-19)13-22-12-20(15(3)4)10-17(6)18(22)7;1-7-11-15(5)18(10-4)14-13-16(6)17(9-3)12-8-2;1-5-8-11(4,9-6-2)10-7-3;5*1-2/h10,12-14,19H,3,7-9,11H2,1-2,4-6H3;8-10,12-15H,2-4,7,11H2,1,5-6H3;5-10H2,1-4H3;4*1-2H3;1-2H/b22-13-;16-13+,17-12+,18-14+;;;;;;/t;15-;;;;;;/m.1....../s1. The van der Waals surface area contributed by atoms with Crippen molar-refractivity contribution in [3.05, 3.63) is 124 Å². The van der Waals surface area contributed by atoms with E-state index in [2.05, 4.69) is 159 Å². The summed E-state index contributed by atoms with van der Waals surface area (Å²) in [4.78, 5) is 0. The van der Waals surface area contributed by atoms with Crippen molar-refractivity contribution in [2.24, 2.45) is 23.2 Å². The second kappa shape index (κ2) is 46.0. The molecule has 0 aliphatic heterocycles. The van der Waals surface area contributed by atoms with Crippen LogP contribution in [0, 0.1) is 42.9 Å². The molecule has 2 atom stereocenters. The summed E-state index contributed by atoms with van der Waals surface area (Å²) >= 11 is 0. The van der Waals surface area contributed by atoms with Gasteiger partial charge in [-0.3, -0.25) is 0 Å². The maximum atomic E-state index is 4.28. The Balaban J connectivity index is -0.000000175. The Bertz CT molecular complexity index is 1500. The van der Waals surface area contributed by atoms with Crippen LogP contribution in [0.1, 0.15) is 213 Å². The Morgan fingerprint density at radius 2 is 1.26 bits per heavy atom. The molecule has 0 saturated carbocycles. The third-order valence-electron chi connectivity index (χ3n) is 10.8. The highest BCUT2D eigenvalue weighted by Gasteiger charge is 2.21. The molecule has 1 aliphatic carbocycles. The summed E-state index contributed by atoms with van der Waals surface area (Å²) in [5.74, 6) is 2.14. The third kappa shape index (κ3) is 31.9. The maximum absolute atomic E-state index is 4.28. The molecule has 0 bridgehead atoms. The van der Waals surface area contributed by atoms with Crippen LogP contribution < -0.4 is 10.4 Å². The fourth-order valence-electron chi connectivity index (χ4n) is 7.30. The van der Waals surface area contributed by atoms with Crippen molar-refractivity contribution in [2.75, 3.05) is 0 Å². The first-order valence-corrected chi connectivity index (χ1v) is 24.5. The monoisotopic (exact) mass is 839 g/mol. The Hall–Kier alpha value is -3.56. The van der Waals surface area contributed by atoms with Gasteiger partial charge in [-0.1, -0.05) is 229 Å². The molecular formula is C61H106. The Morgan fingerprint density at radius 3 is 1.64 bits per heavy atom. The first-order chi connectivity index (χ1) is 29.1. The molecule has 0 saturated heterocycles. The van der Waals surface area contributed by atoms with Crippen molar-refractivity contribution < 1.29 is 0 Å². The molecule has 1 unspecified atom stereocenters. The van der Waals surface area contributed by atoms with E-state index in [9.17, 15) is 0 Å². The number of terminal acetylenes is 1. The lowest BCUT2D eigenvalue weighted by atomic mass is 9.78. The fraction of sp³-hybridized carbons (Fsp3) is 0.574. The number of aryl methyl sites for hydroxylation is 1. The fourth-order valence-corrected chi connectivity index (χ4v) is 7.30. The minimum absolute atomic E-state index is 0.562. The van der Waals surface area contributed by atoms with E-state index in [4.69, 9.17) is 0 Å². The summed E-state index contributed by atoms with van der Waals surface area (Å²) in [6.07, 6.45) is 36.7. The van der Waals surface area contributed by atoms with E-state index < -0.39 is 0 Å². The second-order valence-electron chi connectivity index (χ2n) is 15.9. The number of rotatable bonds is 17. The van der Waals surface area contributed by atoms with Gasteiger partial charge in [0.15, 0.2) is 0 Å². The van der Waals surface area contributed by atoms with Gasteiger partial charge >= 0.3 is 0 Å². The van der Waals surface area contributed by atoms with Crippen molar-refractivity contribution in [1.82, 2.24) is 0 Å². The summed E-state index contributed by atoms with van der Waals surface area (Å²) in [5.41, 5.74) is 10.9. The zero-order valence-corrected chi connectivity index (χ0v) is 44.9. The zero-order chi connectivity index (χ0) is 49.1. The quantitative estimate of drug-likeness (QED) is 0.108. The predicted octanol–water partition coefficient (Wildman–Crippen LogP) is 19.5. The maximum Gasteiger partial charge on any atom is -0.0179 e. The highest BCUT2D eigenvalue weighted by molar-refractivity contribution is 5.63. The average Bonchev–Trinajstić information content (AvgIpc) is 3.26. The molecule has 61 heavy (non-hydrogen) atoms. The van der Waals surface area contributed by atoms with E-state index >= 15 is 0 Å². The average molecular weight is 840 g/mol. The number of benzene rings is 1. The van der Waals surface area contributed by atoms with Crippen molar-refractivity contribution >= 4 is 18.2 Å². The Morgan fingerprint density at radius 1 is 0.770 bits per heavy atom. The number of hydrogen-bond acceptors (Lipinski definition) is 0. The lowest BCUT2D eigenvalue weighted by molar-refractivity contribution is 0.242. The lowest BCUT2D eigenvalue weighted by Crippen LogP contribution is -2.27. The van der Waals surface area contributed by atoms with E-state index in [0.717, 1.165) is 28.2 Å². The van der Waals surface area contributed by atoms with Crippen LogP contribution >= 0.6 is 0 Å². The Labute approximate surface area is 386 Å². The molecule has 0 N–H and O–H groups in total. The van der Waals surface area contributed by atoms with Crippen LogP contribution in [0.4, 0.5) is 0 Å². The van der Waals surface area contributed by atoms with Gasteiger partial charge in [-0.25, -0.2) is 0 Å². The molecule has 0 radical (unpaired) electrons. The molecule has 0 amide bonds. The van der Waals surface area contributed by atoms with Gasteiger partial charge in [0.25, 0.3) is 0 Å². The van der Waals surface area contributed by atoms with E-state index in [1.165, 1.54) is 104 Å². The SMILES string of the molecule is C#C.C=C(C)c1cc(C)c(=C)/c(=C\C2=C(C)CCC(C(C)C)C2)c1.C=C/C=C(C=C)/C(C)=C/C=C(\C=C)[C@H](C)CCC.CC.CC.CC.CC.CCCC(C)(CCC)CCC. The third-order valence-corrected chi connectivity index (χ3v) is 10.8. The molecule has 0 aromatic heterocycles. The van der Waals surface area contributed by atoms with Gasteiger partial charge < -0.3 is 0 Å². The molecule has 0 spiro atoms. The molecule has 1 aliphatic rings. The first-order valence-electron chi connectivity index (χ1n) is 24.5. The van der Waals surface area contributed by atoms with Crippen molar-refractivity contribution in [3.8, 4) is 12.8 Å². The largest absolute Gasteiger partial charge is 0.124 e. The molecule has 2 rings (SSSR count). The normalized spacial score (nSPS) is 14.2. The van der Waals surface area contributed by atoms with Gasteiger partial charge in [0.2, 0.25) is 0 Å². The van der Waals surface area contributed by atoms with Gasteiger partial charge in [-0.15, -0.1) is 12.8 Å². The zero-order valence-electron chi connectivity index (χ0n) is 44.9. The summed E-state index contributed by atoms with van der Waals surface area (Å²) < 4.78 is 0. The van der Waals surface area contributed by atoms with Crippen LogP contribution in [0.3, 0.4) is 0 Å². The van der Waals surface area contributed by atoms with Crippen molar-refractivity contribution in [1.29, 1.82) is 0 Å². The molecular weight excluding hydrogens is 733 g/mol. The van der Waals surface area contributed by atoms with Gasteiger partial charge in [0.05, 0.1) is 0 Å². The molecule has 0 heteroatoms. The van der Waals surface area contributed by atoms with Crippen molar-refractivity contribution in [2.45, 2.75) is 209 Å². The van der Waals surface area contributed by atoms with Crippen LogP contribution in [0.5, 0.6) is 0 Å². The van der Waals surface area contributed by atoms with Crippen LogP contribution in [0.25, 0.3) is 18.2 Å². The molecule has 1 aromatic carbocycles. The smallest absolute Gasteiger partial charge is 0.0179 e. The lowest BCUT2D eigenvalue weighted by Gasteiger charge is -2.28. The predicted molar refractivity (Wildman–Crippen MR) is 293 cm³/mol. The van der Waals surface area contributed by atoms with Gasteiger partial charge in [-0.05, 0) is 146 Å². The van der Waals surface area contributed by atoms with Crippen LogP contribution in [0.2, 0.25) is 0 Å². The summed E-state index contributed by atoms with van der Waals surface area (Å²) in [7, 11) is 0. The van der Waals surface area contributed by atoms with E-state index in [1.54, 1.807) is 11.6 Å².